The smallest absolute Gasteiger partial charge is 0.340 e. The van der Waals surface area contributed by atoms with Gasteiger partial charge in [-0.05, 0) is 35.7 Å². The van der Waals surface area contributed by atoms with Crippen LogP contribution in [0.25, 0.3) is 0 Å². The molecule has 2 aromatic rings. The minimum absolute atomic E-state index is 0.0255. The molecule has 0 atom stereocenters. The molecule has 2 aromatic carbocycles. The normalized spacial score (nSPS) is 11.5. The van der Waals surface area contributed by atoms with Gasteiger partial charge in [-0.15, -0.1) is 0 Å². The van der Waals surface area contributed by atoms with Crippen molar-refractivity contribution in [3.63, 3.8) is 0 Å². The largest absolute Gasteiger partial charge is 0.478 e. The van der Waals surface area contributed by atoms with Crippen molar-refractivity contribution in [1.29, 1.82) is 0 Å². The van der Waals surface area contributed by atoms with E-state index in [0.717, 1.165) is 11.6 Å². The third-order valence-electron chi connectivity index (χ3n) is 3.33. The highest BCUT2D eigenvalue weighted by Gasteiger charge is 2.21. The molecule has 0 saturated carbocycles. The molecule has 0 aliphatic heterocycles. The Balaban J connectivity index is 2.39. The van der Waals surface area contributed by atoms with E-state index in [1.54, 1.807) is 12.1 Å². The summed E-state index contributed by atoms with van der Waals surface area (Å²) in [6, 6.07) is 9.62. The molecule has 5 nitrogen and oxygen atoms in total. The van der Waals surface area contributed by atoms with Gasteiger partial charge in [-0.2, -0.15) is 0 Å². The number of carbonyl (C=O) groups is 1. The third kappa shape index (κ3) is 3.68. The van der Waals surface area contributed by atoms with Gasteiger partial charge in [-0.1, -0.05) is 32.0 Å². The van der Waals surface area contributed by atoms with Gasteiger partial charge in [0.25, 0.3) is 10.0 Å². The molecule has 0 heterocycles. The Bertz CT molecular complexity index is 830. The molecule has 0 unspecified atom stereocenters. The summed E-state index contributed by atoms with van der Waals surface area (Å²) in [5.74, 6) is -2.30. The number of rotatable bonds is 5. The topological polar surface area (TPSA) is 83.5 Å². The first-order valence-corrected chi connectivity index (χ1v) is 8.35. The van der Waals surface area contributed by atoms with Gasteiger partial charge in [0.1, 0.15) is 11.4 Å². The van der Waals surface area contributed by atoms with E-state index >= 15 is 0 Å². The summed E-state index contributed by atoms with van der Waals surface area (Å²) < 4.78 is 40.4. The van der Waals surface area contributed by atoms with Crippen molar-refractivity contribution >= 4 is 21.7 Å². The lowest BCUT2D eigenvalue weighted by atomic mass is 10.0. The van der Waals surface area contributed by atoms with Gasteiger partial charge in [0, 0.05) is 0 Å². The minimum Gasteiger partial charge on any atom is -0.478 e. The van der Waals surface area contributed by atoms with Gasteiger partial charge in [0.2, 0.25) is 0 Å². The van der Waals surface area contributed by atoms with Crippen LogP contribution in [0.5, 0.6) is 0 Å². The number of halogens is 1. The van der Waals surface area contributed by atoms with E-state index in [0.29, 0.717) is 0 Å². The molecule has 122 valence electrons. The average molecular weight is 337 g/mol. The van der Waals surface area contributed by atoms with Crippen LogP contribution in [0.4, 0.5) is 10.1 Å². The number of anilines is 1. The average Bonchev–Trinajstić information content (AvgIpc) is 2.46. The first-order valence-electron chi connectivity index (χ1n) is 6.87. The van der Waals surface area contributed by atoms with Crippen LogP contribution in [0.15, 0.2) is 47.4 Å². The van der Waals surface area contributed by atoms with Crippen LogP contribution in [0.3, 0.4) is 0 Å². The first-order chi connectivity index (χ1) is 10.7. The minimum atomic E-state index is -4.01. The molecule has 2 N–H and O–H groups in total. The second-order valence-corrected chi connectivity index (χ2v) is 6.98. The Labute approximate surface area is 133 Å². The maximum Gasteiger partial charge on any atom is 0.340 e. The maximum absolute atomic E-state index is 13.6. The fourth-order valence-electron chi connectivity index (χ4n) is 2.06. The highest BCUT2D eigenvalue weighted by Crippen LogP contribution is 2.23. The summed E-state index contributed by atoms with van der Waals surface area (Å²) >= 11 is 0. The Hall–Kier alpha value is -2.41. The van der Waals surface area contributed by atoms with Crippen LogP contribution in [0, 0.1) is 5.82 Å². The Morgan fingerprint density at radius 1 is 1.13 bits per heavy atom. The highest BCUT2D eigenvalue weighted by molar-refractivity contribution is 7.92. The van der Waals surface area contributed by atoms with Gasteiger partial charge in [-0.3, -0.25) is 4.72 Å². The van der Waals surface area contributed by atoms with Crippen LogP contribution in [0.2, 0.25) is 0 Å². The monoisotopic (exact) mass is 337 g/mol. The predicted molar refractivity (Wildman–Crippen MR) is 84.7 cm³/mol. The van der Waals surface area contributed by atoms with Gasteiger partial charge in [0.05, 0.1) is 10.6 Å². The zero-order chi connectivity index (χ0) is 17.2. The van der Waals surface area contributed by atoms with E-state index in [4.69, 9.17) is 5.11 Å². The molecule has 0 aliphatic carbocycles. The predicted octanol–water partition coefficient (Wildman–Crippen LogP) is 3.45. The van der Waals surface area contributed by atoms with Crippen molar-refractivity contribution in [3.8, 4) is 0 Å². The molecule has 0 amide bonds. The van der Waals surface area contributed by atoms with Crippen molar-refractivity contribution in [2.45, 2.75) is 24.7 Å². The van der Waals surface area contributed by atoms with Crippen LogP contribution in [-0.2, 0) is 10.0 Å². The van der Waals surface area contributed by atoms with E-state index in [2.05, 4.69) is 4.72 Å². The quantitative estimate of drug-likeness (QED) is 0.875. The lowest BCUT2D eigenvalue weighted by Crippen LogP contribution is -2.16. The Kier molecular flexibility index (Phi) is 4.70. The highest BCUT2D eigenvalue weighted by atomic mass is 32.2. The summed E-state index contributed by atoms with van der Waals surface area (Å²) in [5.41, 5.74) is -0.0544. The van der Waals surface area contributed by atoms with E-state index in [1.807, 2.05) is 13.8 Å². The van der Waals surface area contributed by atoms with E-state index in [-0.39, 0.29) is 16.5 Å². The number of sulfonamides is 1. The number of hydrogen-bond acceptors (Lipinski definition) is 3. The molecular formula is C16H16FNO4S. The maximum atomic E-state index is 13.6. The van der Waals surface area contributed by atoms with Crippen molar-refractivity contribution < 1.29 is 22.7 Å². The van der Waals surface area contributed by atoms with Crippen molar-refractivity contribution in [3.05, 3.63) is 59.4 Å². The molecule has 0 aliphatic rings. The first kappa shape index (κ1) is 17.0. The van der Waals surface area contributed by atoms with Crippen molar-refractivity contribution in [1.82, 2.24) is 0 Å². The van der Waals surface area contributed by atoms with E-state index in [9.17, 15) is 17.6 Å². The molecule has 0 fully saturated rings. The lowest BCUT2D eigenvalue weighted by Gasteiger charge is -2.12. The third-order valence-corrected chi connectivity index (χ3v) is 4.71. The van der Waals surface area contributed by atoms with Crippen molar-refractivity contribution in [2.24, 2.45) is 0 Å². The summed E-state index contributed by atoms with van der Waals surface area (Å²) in [6.45, 7) is 3.96. The lowest BCUT2D eigenvalue weighted by molar-refractivity contribution is 0.0693. The summed E-state index contributed by atoms with van der Waals surface area (Å²) in [7, 11) is -4.01. The zero-order valence-electron chi connectivity index (χ0n) is 12.6. The Morgan fingerprint density at radius 3 is 2.26 bits per heavy atom. The standard InChI is InChI=1S/C16H16FNO4S/c1-10(2)11-6-8-12(9-7-11)23(21,22)18-14-5-3-4-13(17)15(14)16(19)20/h3-10,18H,1-2H3,(H,19,20). The molecule has 0 aromatic heterocycles. The molecule has 0 bridgehead atoms. The van der Waals surface area contributed by atoms with Crippen LogP contribution >= 0.6 is 0 Å². The second kappa shape index (κ2) is 6.37. The van der Waals surface area contributed by atoms with Crippen molar-refractivity contribution in [2.75, 3.05) is 4.72 Å². The number of hydrogen-bond donors (Lipinski definition) is 2. The molecule has 0 radical (unpaired) electrons. The SMILES string of the molecule is CC(C)c1ccc(S(=O)(=O)Nc2cccc(F)c2C(=O)O)cc1. The van der Waals surface area contributed by atoms with E-state index in [1.165, 1.54) is 24.3 Å². The molecule has 2 rings (SSSR count). The van der Waals surface area contributed by atoms with Gasteiger partial charge >= 0.3 is 5.97 Å². The molecule has 23 heavy (non-hydrogen) atoms. The zero-order valence-corrected chi connectivity index (χ0v) is 13.4. The number of benzene rings is 2. The Morgan fingerprint density at radius 2 is 1.74 bits per heavy atom. The summed E-state index contributed by atoms with van der Waals surface area (Å²) in [5, 5.41) is 9.04. The van der Waals surface area contributed by atoms with Crippen LogP contribution in [-0.4, -0.2) is 19.5 Å². The van der Waals surface area contributed by atoms with Crippen LogP contribution in [0.1, 0.15) is 35.7 Å². The fraction of sp³-hybridized carbons (Fsp3) is 0.188. The number of carboxylic acids is 1. The molecule has 0 spiro atoms. The summed E-state index contributed by atoms with van der Waals surface area (Å²) in [4.78, 5) is 11.1. The van der Waals surface area contributed by atoms with Gasteiger partial charge < -0.3 is 5.11 Å². The van der Waals surface area contributed by atoms with E-state index < -0.39 is 27.4 Å². The second-order valence-electron chi connectivity index (χ2n) is 5.30. The number of carboxylic acid groups (broad SMARTS) is 1. The van der Waals surface area contributed by atoms with Gasteiger partial charge in [0.15, 0.2) is 0 Å². The fourth-order valence-corrected chi connectivity index (χ4v) is 3.13. The number of nitrogens with one attached hydrogen (secondary N) is 1. The molecule has 7 heteroatoms. The number of aromatic carboxylic acids is 1. The van der Waals surface area contributed by atoms with Gasteiger partial charge in [-0.25, -0.2) is 17.6 Å². The molecular weight excluding hydrogens is 321 g/mol. The van der Waals surface area contributed by atoms with Crippen LogP contribution < -0.4 is 4.72 Å². The summed E-state index contributed by atoms with van der Waals surface area (Å²) in [6.07, 6.45) is 0. The molecule has 0 saturated heterocycles.